The molecule has 0 atom stereocenters. The summed E-state index contributed by atoms with van der Waals surface area (Å²) < 4.78 is 8.13. The Bertz CT molecular complexity index is 1400. The first kappa shape index (κ1) is 19.7. The molecule has 1 saturated heterocycles. The summed E-state index contributed by atoms with van der Waals surface area (Å²) in [7, 11) is 0. The Balaban J connectivity index is 1.73. The number of aryl methyl sites for hydroxylation is 1. The van der Waals surface area contributed by atoms with Crippen LogP contribution in [0.5, 0.6) is 0 Å². The summed E-state index contributed by atoms with van der Waals surface area (Å²) in [5.41, 5.74) is 8.37. The van der Waals surface area contributed by atoms with Crippen LogP contribution in [0.15, 0.2) is 27.4 Å². The first-order chi connectivity index (χ1) is 15.0. The van der Waals surface area contributed by atoms with Crippen molar-refractivity contribution in [1.29, 1.82) is 0 Å². The van der Waals surface area contributed by atoms with Gasteiger partial charge in [0.1, 0.15) is 11.3 Å². The molecule has 0 unspecified atom stereocenters. The highest BCUT2D eigenvalue weighted by molar-refractivity contribution is 6.31. The molecule has 5 rings (SSSR count). The van der Waals surface area contributed by atoms with Gasteiger partial charge in [0.05, 0.1) is 18.0 Å². The number of nitrogen functional groups attached to an aromatic ring is 1. The van der Waals surface area contributed by atoms with Crippen molar-refractivity contribution in [2.45, 2.75) is 25.8 Å². The number of nitrogens with one attached hydrogen (secondary N) is 1. The molecule has 0 spiro atoms. The average Bonchev–Trinajstić information content (AvgIpc) is 3.31. The Kier molecular flexibility index (Phi) is 4.73. The molecule has 4 aromatic rings. The molecule has 0 bridgehead atoms. The molecule has 0 amide bonds. The third-order valence-corrected chi connectivity index (χ3v) is 6.23. The maximum Gasteiger partial charge on any atom is 0.292 e. The normalized spacial score (nSPS) is 15.6. The zero-order chi connectivity index (χ0) is 21.7. The molecule has 0 aliphatic carbocycles. The van der Waals surface area contributed by atoms with Gasteiger partial charge in [0.2, 0.25) is 0 Å². The van der Waals surface area contributed by atoms with Crippen LogP contribution in [0.3, 0.4) is 0 Å². The van der Waals surface area contributed by atoms with E-state index < -0.39 is 0 Å². The quantitative estimate of drug-likeness (QED) is 0.477. The van der Waals surface area contributed by atoms with Gasteiger partial charge in [0.15, 0.2) is 17.1 Å². The third-order valence-electron chi connectivity index (χ3n) is 5.99. The minimum Gasteiger partial charge on any atom is -0.454 e. The van der Waals surface area contributed by atoms with E-state index in [2.05, 4.69) is 26.1 Å². The van der Waals surface area contributed by atoms with Gasteiger partial charge in [-0.05, 0) is 38.0 Å². The van der Waals surface area contributed by atoms with Crippen molar-refractivity contribution in [3.05, 3.63) is 39.1 Å². The van der Waals surface area contributed by atoms with Gasteiger partial charge >= 0.3 is 0 Å². The van der Waals surface area contributed by atoms with E-state index in [1.165, 1.54) is 0 Å². The van der Waals surface area contributed by atoms with Gasteiger partial charge in [-0.2, -0.15) is 10.2 Å². The molecular weight excluding hydrogens is 416 g/mol. The lowest BCUT2D eigenvalue weighted by Crippen LogP contribution is -2.35. The largest absolute Gasteiger partial charge is 0.454 e. The molecule has 1 aliphatic heterocycles. The topological polar surface area (TPSA) is 106 Å². The summed E-state index contributed by atoms with van der Waals surface area (Å²) in [4.78, 5) is 14.8. The minimum absolute atomic E-state index is 0.0754. The van der Waals surface area contributed by atoms with Gasteiger partial charge in [-0.3, -0.25) is 14.4 Å². The average molecular weight is 437 g/mol. The molecule has 31 heavy (non-hydrogen) atoms. The van der Waals surface area contributed by atoms with Gasteiger partial charge in [-0.25, -0.2) is 5.10 Å². The highest BCUT2D eigenvalue weighted by atomic mass is 35.5. The van der Waals surface area contributed by atoms with E-state index in [-0.39, 0.29) is 22.9 Å². The molecule has 1 aliphatic rings. The number of furan rings is 1. The lowest BCUT2D eigenvalue weighted by molar-refractivity contribution is 0.199. The Labute approximate surface area is 183 Å². The molecule has 9 heteroatoms. The van der Waals surface area contributed by atoms with Crippen LogP contribution in [0, 0.1) is 19.3 Å². The Morgan fingerprint density at radius 2 is 2.16 bits per heavy atom. The number of aromatic amines is 1. The second kappa shape index (κ2) is 7.45. The number of hydrogen-bond donors (Lipinski definition) is 2. The van der Waals surface area contributed by atoms with Crippen molar-refractivity contribution < 1.29 is 4.42 Å². The van der Waals surface area contributed by atoms with E-state index in [0.717, 1.165) is 36.9 Å². The van der Waals surface area contributed by atoms with Crippen LogP contribution in [-0.2, 0) is 0 Å². The number of nitrogens with zero attached hydrogens (tertiary/aromatic N) is 4. The first-order valence-electron chi connectivity index (χ1n) is 10.1. The number of H-pyrrole nitrogens is 1. The van der Waals surface area contributed by atoms with E-state index in [9.17, 15) is 4.79 Å². The Morgan fingerprint density at radius 1 is 1.39 bits per heavy atom. The number of benzene rings is 1. The summed E-state index contributed by atoms with van der Waals surface area (Å²) in [5.74, 6) is 3.52. The number of likely N-dealkylation sites (tertiary alicyclic amines) is 1. The van der Waals surface area contributed by atoms with Crippen LogP contribution in [0.2, 0.25) is 5.02 Å². The van der Waals surface area contributed by atoms with E-state index in [1.807, 2.05) is 23.7 Å². The van der Waals surface area contributed by atoms with E-state index in [4.69, 9.17) is 28.2 Å². The lowest BCUT2D eigenvalue weighted by Gasteiger charge is -2.31. The van der Waals surface area contributed by atoms with Crippen LogP contribution in [-0.4, -0.2) is 44.5 Å². The number of aromatic nitrogens is 4. The van der Waals surface area contributed by atoms with E-state index in [1.54, 1.807) is 6.07 Å². The van der Waals surface area contributed by atoms with Gasteiger partial charge in [0, 0.05) is 29.1 Å². The number of nitrogens with two attached hydrogens (primary N) is 1. The third kappa shape index (κ3) is 3.17. The number of hydrogen-bond acceptors (Lipinski definition) is 6. The molecular formula is C22H21ClN6O2. The van der Waals surface area contributed by atoms with Crippen molar-refractivity contribution in [3.63, 3.8) is 0 Å². The number of fused-ring (bicyclic) bond motifs is 2. The number of terminal acetylenes is 1. The molecule has 1 aromatic carbocycles. The highest BCUT2D eigenvalue weighted by Gasteiger charge is 2.29. The predicted octanol–water partition coefficient (Wildman–Crippen LogP) is 3.35. The Hall–Kier alpha value is -3.28. The van der Waals surface area contributed by atoms with Crippen LogP contribution in [0.25, 0.3) is 33.3 Å². The van der Waals surface area contributed by atoms with Crippen molar-refractivity contribution in [3.8, 4) is 23.8 Å². The molecule has 8 nitrogen and oxygen atoms in total. The summed E-state index contributed by atoms with van der Waals surface area (Å²) >= 11 is 6.20. The summed E-state index contributed by atoms with van der Waals surface area (Å²) in [6, 6.07) is 5.57. The molecule has 158 valence electrons. The second-order valence-corrected chi connectivity index (χ2v) is 8.30. The van der Waals surface area contributed by atoms with Crippen molar-refractivity contribution in [2.24, 2.45) is 0 Å². The SMILES string of the molecule is C#CCN1CCC(n2nc3c(=O)[nH]nc(N)c3c2-c2oc3ccc(Cl)cc3c2C)CC1. The standard InChI is InChI=1S/C22H21ClN6O2/c1-3-8-28-9-6-14(7-10-28)29-19(17-18(27-29)22(30)26-25-21(17)24)20-12(2)15-11-13(23)4-5-16(15)31-20/h1,4-5,11,14H,6-10H2,2H3,(H2,24,25)(H,26,30). The van der Waals surface area contributed by atoms with Gasteiger partial charge in [0.25, 0.3) is 5.56 Å². The van der Waals surface area contributed by atoms with Crippen molar-refractivity contribution in [1.82, 2.24) is 24.9 Å². The smallest absolute Gasteiger partial charge is 0.292 e. The van der Waals surface area contributed by atoms with Crippen molar-refractivity contribution in [2.75, 3.05) is 25.4 Å². The summed E-state index contributed by atoms with van der Waals surface area (Å²) in [6.45, 7) is 4.29. The van der Waals surface area contributed by atoms with Crippen LogP contribution >= 0.6 is 11.6 Å². The second-order valence-electron chi connectivity index (χ2n) is 7.86. The highest BCUT2D eigenvalue weighted by Crippen LogP contribution is 2.40. The fourth-order valence-electron chi connectivity index (χ4n) is 4.41. The van der Waals surface area contributed by atoms with Crippen LogP contribution < -0.4 is 11.3 Å². The zero-order valence-electron chi connectivity index (χ0n) is 17.0. The molecule has 4 heterocycles. The van der Waals surface area contributed by atoms with Crippen LogP contribution in [0.1, 0.15) is 24.4 Å². The molecule has 3 N–H and O–H groups in total. The van der Waals surface area contributed by atoms with E-state index >= 15 is 0 Å². The number of piperidine rings is 1. The maximum atomic E-state index is 12.5. The molecule has 1 fully saturated rings. The monoisotopic (exact) mass is 436 g/mol. The summed E-state index contributed by atoms with van der Waals surface area (Å²) in [6.07, 6.45) is 7.16. The lowest BCUT2D eigenvalue weighted by atomic mass is 10.0. The number of rotatable bonds is 3. The summed E-state index contributed by atoms with van der Waals surface area (Å²) in [5, 5.41) is 13.1. The first-order valence-corrected chi connectivity index (χ1v) is 10.5. The predicted molar refractivity (Wildman–Crippen MR) is 121 cm³/mol. The molecule has 0 saturated carbocycles. The van der Waals surface area contributed by atoms with E-state index in [0.29, 0.717) is 34.0 Å². The Morgan fingerprint density at radius 3 is 2.90 bits per heavy atom. The van der Waals surface area contributed by atoms with Crippen LogP contribution in [0.4, 0.5) is 5.82 Å². The fraction of sp³-hybridized carbons (Fsp3) is 0.318. The maximum absolute atomic E-state index is 12.5. The number of anilines is 1. The molecule has 0 radical (unpaired) electrons. The zero-order valence-corrected chi connectivity index (χ0v) is 17.7. The van der Waals surface area contributed by atoms with Gasteiger partial charge in [-0.1, -0.05) is 17.5 Å². The van der Waals surface area contributed by atoms with Gasteiger partial charge < -0.3 is 10.2 Å². The fourth-order valence-corrected chi connectivity index (χ4v) is 4.58. The minimum atomic E-state index is -0.384. The van der Waals surface area contributed by atoms with Crippen molar-refractivity contribution >= 4 is 39.3 Å². The van der Waals surface area contributed by atoms with Gasteiger partial charge in [-0.15, -0.1) is 6.42 Å². The number of halogens is 1. The molecule has 3 aromatic heterocycles.